The van der Waals surface area contributed by atoms with Crippen LogP contribution in [0.25, 0.3) is 0 Å². The summed E-state index contributed by atoms with van der Waals surface area (Å²) in [6, 6.07) is 2.43. The van der Waals surface area contributed by atoms with E-state index in [1.165, 1.54) is 6.07 Å². The zero-order chi connectivity index (χ0) is 17.2. The number of halogens is 2. The van der Waals surface area contributed by atoms with Gasteiger partial charge in [0.2, 0.25) is 5.91 Å². The SMILES string of the molecule is CC(C)CNC(=O)CNC(=O)NCCOc1ccc(F)cc1F. The summed E-state index contributed by atoms with van der Waals surface area (Å²) < 4.78 is 31.0. The smallest absolute Gasteiger partial charge is 0.315 e. The van der Waals surface area contributed by atoms with Gasteiger partial charge in [-0.2, -0.15) is 0 Å². The summed E-state index contributed by atoms with van der Waals surface area (Å²) in [5.41, 5.74) is 0. The van der Waals surface area contributed by atoms with Crippen molar-refractivity contribution < 1.29 is 23.1 Å². The number of hydrogen-bond acceptors (Lipinski definition) is 3. The van der Waals surface area contributed by atoms with E-state index in [1.807, 2.05) is 13.8 Å². The lowest BCUT2D eigenvalue weighted by Gasteiger charge is -2.10. The Morgan fingerprint density at radius 1 is 1.17 bits per heavy atom. The molecule has 0 aromatic heterocycles. The van der Waals surface area contributed by atoms with Crippen LogP contribution in [0.2, 0.25) is 0 Å². The first kappa shape index (κ1) is 18.7. The molecule has 3 N–H and O–H groups in total. The Bertz CT molecular complexity index is 539. The van der Waals surface area contributed by atoms with Gasteiger partial charge in [-0.05, 0) is 18.1 Å². The number of carbonyl (C=O) groups excluding carboxylic acids is 2. The summed E-state index contributed by atoms with van der Waals surface area (Å²) in [6.45, 7) is 4.45. The Morgan fingerprint density at radius 2 is 1.91 bits per heavy atom. The molecule has 0 saturated carbocycles. The van der Waals surface area contributed by atoms with Gasteiger partial charge in [0.05, 0.1) is 13.1 Å². The van der Waals surface area contributed by atoms with Crippen molar-refractivity contribution in [3.8, 4) is 5.75 Å². The number of hydrogen-bond donors (Lipinski definition) is 3. The van der Waals surface area contributed by atoms with Crippen molar-refractivity contribution in [1.82, 2.24) is 16.0 Å². The van der Waals surface area contributed by atoms with Gasteiger partial charge in [-0.3, -0.25) is 4.79 Å². The zero-order valence-corrected chi connectivity index (χ0v) is 13.1. The third-order valence-electron chi connectivity index (χ3n) is 2.66. The van der Waals surface area contributed by atoms with Gasteiger partial charge in [-0.25, -0.2) is 13.6 Å². The molecule has 0 unspecified atom stereocenters. The number of amides is 3. The predicted octanol–water partition coefficient (Wildman–Crippen LogP) is 1.41. The molecule has 0 bridgehead atoms. The molecule has 128 valence electrons. The second kappa shape index (κ2) is 9.60. The fourth-order valence-electron chi connectivity index (χ4n) is 1.52. The summed E-state index contributed by atoms with van der Waals surface area (Å²) in [5, 5.41) is 7.49. The molecule has 1 aromatic carbocycles. The molecule has 1 aromatic rings. The molecule has 6 nitrogen and oxygen atoms in total. The highest BCUT2D eigenvalue weighted by Gasteiger charge is 2.07. The lowest BCUT2D eigenvalue weighted by molar-refractivity contribution is -0.120. The Balaban J connectivity index is 2.15. The predicted molar refractivity (Wildman–Crippen MR) is 81.1 cm³/mol. The van der Waals surface area contributed by atoms with Gasteiger partial charge in [0.1, 0.15) is 12.4 Å². The second-order valence-corrected chi connectivity index (χ2v) is 5.23. The molecule has 0 saturated heterocycles. The lowest BCUT2D eigenvalue weighted by atomic mass is 10.2. The average Bonchev–Trinajstić information content (AvgIpc) is 2.49. The molecular formula is C15H21F2N3O3. The molecule has 0 aliphatic heterocycles. The monoisotopic (exact) mass is 329 g/mol. The Hall–Kier alpha value is -2.38. The topological polar surface area (TPSA) is 79.5 Å². The van der Waals surface area contributed by atoms with E-state index >= 15 is 0 Å². The fraction of sp³-hybridized carbons (Fsp3) is 0.467. The number of benzene rings is 1. The summed E-state index contributed by atoms with van der Waals surface area (Å²) in [7, 11) is 0. The Kier molecular flexibility index (Phi) is 7.79. The van der Waals surface area contributed by atoms with Crippen LogP contribution in [0.15, 0.2) is 18.2 Å². The maximum atomic E-state index is 13.3. The van der Waals surface area contributed by atoms with Gasteiger partial charge in [-0.1, -0.05) is 13.8 Å². The average molecular weight is 329 g/mol. The van der Waals surface area contributed by atoms with Crippen LogP contribution >= 0.6 is 0 Å². The molecule has 3 amide bonds. The molecule has 23 heavy (non-hydrogen) atoms. The number of rotatable bonds is 8. The molecule has 1 rings (SSSR count). The van der Waals surface area contributed by atoms with Gasteiger partial charge in [0, 0.05) is 12.6 Å². The van der Waals surface area contributed by atoms with E-state index in [1.54, 1.807) is 0 Å². The highest BCUT2D eigenvalue weighted by Crippen LogP contribution is 2.17. The van der Waals surface area contributed by atoms with Crippen molar-refractivity contribution in [2.24, 2.45) is 5.92 Å². The first-order valence-corrected chi connectivity index (χ1v) is 7.24. The third kappa shape index (κ3) is 7.98. The minimum Gasteiger partial charge on any atom is -0.489 e. The summed E-state index contributed by atoms with van der Waals surface area (Å²) >= 11 is 0. The van der Waals surface area contributed by atoms with Crippen LogP contribution in [0.3, 0.4) is 0 Å². The molecule has 0 atom stereocenters. The summed E-state index contributed by atoms with van der Waals surface area (Å²) in [5.74, 6) is -1.55. The third-order valence-corrected chi connectivity index (χ3v) is 2.66. The van der Waals surface area contributed by atoms with Crippen molar-refractivity contribution in [2.75, 3.05) is 26.2 Å². The van der Waals surface area contributed by atoms with Gasteiger partial charge in [-0.15, -0.1) is 0 Å². The zero-order valence-electron chi connectivity index (χ0n) is 13.1. The number of urea groups is 1. The number of nitrogens with one attached hydrogen (secondary N) is 3. The molecular weight excluding hydrogens is 308 g/mol. The van der Waals surface area contributed by atoms with Crippen LogP contribution in [0, 0.1) is 17.6 Å². The van der Waals surface area contributed by atoms with Crippen molar-refractivity contribution in [2.45, 2.75) is 13.8 Å². The van der Waals surface area contributed by atoms with Crippen LogP contribution in [0.1, 0.15) is 13.8 Å². The minimum absolute atomic E-state index is 0.00944. The van der Waals surface area contributed by atoms with Gasteiger partial charge in [0.15, 0.2) is 11.6 Å². The van der Waals surface area contributed by atoms with E-state index in [-0.39, 0.29) is 31.4 Å². The normalized spacial score (nSPS) is 10.3. The number of carbonyl (C=O) groups is 2. The van der Waals surface area contributed by atoms with Crippen molar-refractivity contribution >= 4 is 11.9 Å². The number of ether oxygens (including phenoxy) is 1. The highest BCUT2D eigenvalue weighted by molar-refractivity contribution is 5.83. The summed E-state index contributed by atoms with van der Waals surface area (Å²) in [4.78, 5) is 22.8. The van der Waals surface area contributed by atoms with Crippen LogP contribution in [0.4, 0.5) is 13.6 Å². The van der Waals surface area contributed by atoms with Crippen molar-refractivity contribution in [3.05, 3.63) is 29.8 Å². The van der Waals surface area contributed by atoms with Crippen molar-refractivity contribution in [3.63, 3.8) is 0 Å². The first-order chi connectivity index (χ1) is 10.9. The maximum absolute atomic E-state index is 13.3. The molecule has 0 fully saturated rings. The second-order valence-electron chi connectivity index (χ2n) is 5.23. The minimum atomic E-state index is -0.809. The molecule has 0 heterocycles. The van der Waals surface area contributed by atoms with E-state index in [9.17, 15) is 18.4 Å². The van der Waals surface area contributed by atoms with E-state index in [0.29, 0.717) is 18.5 Å². The Morgan fingerprint density at radius 3 is 2.57 bits per heavy atom. The van der Waals surface area contributed by atoms with Crippen LogP contribution in [-0.4, -0.2) is 38.2 Å². The first-order valence-electron chi connectivity index (χ1n) is 7.24. The molecule has 0 spiro atoms. The standard InChI is InChI=1S/C15H21F2N3O3/c1-10(2)8-19-14(21)9-20-15(22)18-5-6-23-13-4-3-11(16)7-12(13)17/h3-4,7,10H,5-6,8-9H2,1-2H3,(H,19,21)(H2,18,20,22). The van der Waals surface area contributed by atoms with Crippen molar-refractivity contribution in [1.29, 1.82) is 0 Å². The summed E-state index contributed by atoms with van der Waals surface area (Å²) in [6.07, 6.45) is 0. The maximum Gasteiger partial charge on any atom is 0.315 e. The fourth-order valence-corrected chi connectivity index (χ4v) is 1.52. The van der Waals surface area contributed by atoms with Gasteiger partial charge >= 0.3 is 6.03 Å². The molecule has 0 radical (unpaired) electrons. The van der Waals surface area contributed by atoms with E-state index in [4.69, 9.17) is 4.74 Å². The quantitative estimate of drug-likeness (QED) is 0.631. The van der Waals surface area contributed by atoms with Crippen LogP contribution in [0.5, 0.6) is 5.75 Å². The Labute approximate surface area is 133 Å². The van der Waals surface area contributed by atoms with Crippen LogP contribution in [-0.2, 0) is 4.79 Å². The van der Waals surface area contributed by atoms with E-state index in [2.05, 4.69) is 16.0 Å². The van der Waals surface area contributed by atoms with E-state index < -0.39 is 17.7 Å². The van der Waals surface area contributed by atoms with E-state index in [0.717, 1.165) is 6.07 Å². The van der Waals surface area contributed by atoms with Gasteiger partial charge < -0.3 is 20.7 Å². The molecule has 0 aliphatic rings. The molecule has 0 aliphatic carbocycles. The van der Waals surface area contributed by atoms with Crippen LogP contribution < -0.4 is 20.7 Å². The largest absolute Gasteiger partial charge is 0.489 e. The van der Waals surface area contributed by atoms with Gasteiger partial charge in [0.25, 0.3) is 0 Å². The lowest BCUT2D eigenvalue weighted by Crippen LogP contribution is -2.43. The molecule has 8 heteroatoms. The highest BCUT2D eigenvalue weighted by atomic mass is 19.1.